The number of phenols is 1. The van der Waals surface area contributed by atoms with Crippen molar-refractivity contribution in [3.8, 4) is 28.6 Å². The summed E-state index contributed by atoms with van der Waals surface area (Å²) < 4.78 is 6.27. The van der Waals surface area contributed by atoms with Crippen LogP contribution in [0.25, 0.3) is 22.8 Å². The first kappa shape index (κ1) is 13.6. The first-order valence-electron chi connectivity index (χ1n) is 6.23. The van der Waals surface area contributed by atoms with E-state index >= 15 is 0 Å². The van der Waals surface area contributed by atoms with E-state index in [-0.39, 0.29) is 11.4 Å². The average Bonchev–Trinajstić information content (AvgIpc) is 2.91. The van der Waals surface area contributed by atoms with Crippen LogP contribution in [0, 0.1) is 6.92 Å². The van der Waals surface area contributed by atoms with Crippen LogP contribution < -0.4 is 5.73 Å². The van der Waals surface area contributed by atoms with Gasteiger partial charge in [-0.3, -0.25) is 0 Å². The molecule has 0 spiro atoms. The van der Waals surface area contributed by atoms with Crippen molar-refractivity contribution in [3.05, 3.63) is 46.4 Å². The quantitative estimate of drug-likeness (QED) is 0.545. The summed E-state index contributed by atoms with van der Waals surface area (Å²) in [5.74, 6) is 0.905. The summed E-state index contributed by atoms with van der Waals surface area (Å²) in [4.78, 5) is 4.38. The molecular formula is C15H12BrN3O2. The van der Waals surface area contributed by atoms with Crippen molar-refractivity contribution >= 4 is 21.6 Å². The second-order valence-electron chi connectivity index (χ2n) is 4.66. The van der Waals surface area contributed by atoms with Crippen LogP contribution in [0.15, 0.2) is 45.4 Å². The predicted molar refractivity (Wildman–Crippen MR) is 83.7 cm³/mol. The molecule has 0 aliphatic carbocycles. The highest BCUT2D eigenvalue weighted by atomic mass is 79.9. The van der Waals surface area contributed by atoms with Crippen molar-refractivity contribution < 1.29 is 9.63 Å². The molecule has 0 saturated heterocycles. The van der Waals surface area contributed by atoms with Gasteiger partial charge in [0.1, 0.15) is 5.75 Å². The number of anilines is 1. The summed E-state index contributed by atoms with van der Waals surface area (Å²) in [6, 6.07) is 10.6. The highest BCUT2D eigenvalue weighted by Gasteiger charge is 2.13. The molecule has 5 nitrogen and oxygen atoms in total. The monoisotopic (exact) mass is 345 g/mol. The molecule has 0 aliphatic heterocycles. The minimum Gasteiger partial charge on any atom is -0.506 e. The smallest absolute Gasteiger partial charge is 0.258 e. The minimum atomic E-state index is 0.0299. The molecule has 1 aromatic heterocycles. The Kier molecular flexibility index (Phi) is 3.39. The molecule has 106 valence electrons. The molecule has 3 N–H and O–H groups in total. The van der Waals surface area contributed by atoms with Crippen LogP contribution in [-0.4, -0.2) is 15.2 Å². The molecule has 21 heavy (non-hydrogen) atoms. The summed E-state index contributed by atoms with van der Waals surface area (Å²) in [5, 5.41) is 13.4. The van der Waals surface area contributed by atoms with E-state index in [1.165, 1.54) is 6.07 Å². The standard InChI is InChI=1S/C15H12BrN3O2/c1-8-6-10(16)3-4-11(8)14-18-15(21-19-14)9-2-5-13(20)12(17)7-9/h2-7,20H,17H2,1H3. The lowest BCUT2D eigenvalue weighted by atomic mass is 10.1. The Balaban J connectivity index is 2.01. The van der Waals surface area contributed by atoms with Crippen LogP contribution in [-0.2, 0) is 0 Å². The van der Waals surface area contributed by atoms with E-state index in [0.717, 1.165) is 15.6 Å². The van der Waals surface area contributed by atoms with Crippen molar-refractivity contribution in [1.29, 1.82) is 0 Å². The van der Waals surface area contributed by atoms with Crippen molar-refractivity contribution in [2.45, 2.75) is 6.92 Å². The van der Waals surface area contributed by atoms with E-state index in [9.17, 15) is 5.11 Å². The summed E-state index contributed by atoms with van der Waals surface area (Å²) in [6.45, 7) is 1.98. The van der Waals surface area contributed by atoms with Crippen LogP contribution in [0.4, 0.5) is 5.69 Å². The number of hydrogen-bond donors (Lipinski definition) is 2. The molecule has 0 amide bonds. The Morgan fingerprint density at radius 2 is 2.00 bits per heavy atom. The number of nitrogen functional groups attached to an aromatic ring is 1. The van der Waals surface area contributed by atoms with Gasteiger partial charge in [0.05, 0.1) is 5.69 Å². The van der Waals surface area contributed by atoms with Gasteiger partial charge in [-0.15, -0.1) is 0 Å². The Morgan fingerprint density at radius 1 is 1.19 bits per heavy atom. The van der Waals surface area contributed by atoms with E-state index in [4.69, 9.17) is 10.3 Å². The van der Waals surface area contributed by atoms with Gasteiger partial charge in [-0.1, -0.05) is 21.1 Å². The number of aromatic nitrogens is 2. The molecule has 3 rings (SSSR count). The first-order chi connectivity index (χ1) is 10.0. The fourth-order valence-corrected chi connectivity index (χ4v) is 2.49. The maximum Gasteiger partial charge on any atom is 0.258 e. The zero-order valence-corrected chi connectivity index (χ0v) is 12.8. The Hall–Kier alpha value is -2.34. The number of aryl methyl sites for hydroxylation is 1. The molecule has 0 radical (unpaired) electrons. The molecule has 0 bridgehead atoms. The summed E-state index contributed by atoms with van der Waals surface area (Å²) in [6.07, 6.45) is 0. The average molecular weight is 346 g/mol. The number of rotatable bonds is 2. The predicted octanol–water partition coefficient (Wildman–Crippen LogP) is 3.76. The fourth-order valence-electron chi connectivity index (χ4n) is 2.02. The van der Waals surface area contributed by atoms with Crippen LogP contribution in [0.2, 0.25) is 0 Å². The maximum atomic E-state index is 9.44. The van der Waals surface area contributed by atoms with Crippen LogP contribution in [0.1, 0.15) is 5.56 Å². The van der Waals surface area contributed by atoms with Gasteiger partial charge in [-0.05, 0) is 48.9 Å². The number of halogens is 1. The summed E-state index contributed by atoms with van der Waals surface area (Å²) in [5.41, 5.74) is 8.55. The number of nitrogens with two attached hydrogens (primary N) is 1. The van der Waals surface area contributed by atoms with Crippen molar-refractivity contribution in [2.75, 3.05) is 5.73 Å². The largest absolute Gasteiger partial charge is 0.506 e. The SMILES string of the molecule is Cc1cc(Br)ccc1-c1noc(-c2ccc(O)c(N)c2)n1. The third-order valence-corrected chi connectivity index (χ3v) is 3.62. The topological polar surface area (TPSA) is 85.2 Å². The van der Waals surface area contributed by atoms with E-state index in [2.05, 4.69) is 26.1 Å². The zero-order chi connectivity index (χ0) is 15.0. The van der Waals surface area contributed by atoms with Crippen LogP contribution >= 0.6 is 15.9 Å². The Morgan fingerprint density at radius 3 is 2.71 bits per heavy atom. The van der Waals surface area contributed by atoms with Gasteiger partial charge in [-0.2, -0.15) is 4.98 Å². The summed E-state index contributed by atoms with van der Waals surface area (Å²) in [7, 11) is 0. The second kappa shape index (κ2) is 5.21. The molecule has 0 unspecified atom stereocenters. The van der Waals surface area contributed by atoms with Gasteiger partial charge < -0.3 is 15.4 Å². The normalized spacial score (nSPS) is 10.8. The van der Waals surface area contributed by atoms with Gasteiger partial charge >= 0.3 is 0 Å². The molecule has 0 atom stereocenters. The molecular weight excluding hydrogens is 334 g/mol. The number of benzene rings is 2. The molecule has 0 saturated carbocycles. The first-order valence-corrected chi connectivity index (χ1v) is 7.03. The molecule has 3 aromatic rings. The highest BCUT2D eigenvalue weighted by molar-refractivity contribution is 9.10. The van der Waals surface area contributed by atoms with E-state index < -0.39 is 0 Å². The van der Waals surface area contributed by atoms with Crippen LogP contribution in [0.3, 0.4) is 0 Å². The molecule has 1 heterocycles. The van der Waals surface area contributed by atoms with E-state index in [1.807, 2.05) is 25.1 Å². The number of hydrogen-bond acceptors (Lipinski definition) is 5. The molecule has 0 aliphatic rings. The van der Waals surface area contributed by atoms with Gasteiger partial charge in [-0.25, -0.2) is 0 Å². The third-order valence-electron chi connectivity index (χ3n) is 3.13. The minimum absolute atomic E-state index is 0.0299. The number of nitrogens with zero attached hydrogens (tertiary/aromatic N) is 2. The zero-order valence-electron chi connectivity index (χ0n) is 11.2. The van der Waals surface area contributed by atoms with Crippen LogP contribution in [0.5, 0.6) is 5.75 Å². The summed E-state index contributed by atoms with van der Waals surface area (Å²) >= 11 is 3.42. The van der Waals surface area contributed by atoms with Gasteiger partial charge in [0, 0.05) is 15.6 Å². The lowest BCUT2D eigenvalue weighted by molar-refractivity contribution is 0.432. The molecule has 6 heteroatoms. The van der Waals surface area contributed by atoms with Crippen molar-refractivity contribution in [3.63, 3.8) is 0 Å². The van der Waals surface area contributed by atoms with Crippen molar-refractivity contribution in [2.24, 2.45) is 0 Å². The van der Waals surface area contributed by atoms with Gasteiger partial charge in [0.15, 0.2) is 0 Å². The Labute approximate surface area is 129 Å². The molecule has 0 fully saturated rings. The van der Waals surface area contributed by atoms with Gasteiger partial charge in [0.25, 0.3) is 5.89 Å². The van der Waals surface area contributed by atoms with E-state index in [0.29, 0.717) is 17.3 Å². The maximum absolute atomic E-state index is 9.44. The second-order valence-corrected chi connectivity index (χ2v) is 5.57. The lowest BCUT2D eigenvalue weighted by Crippen LogP contribution is -1.88. The lowest BCUT2D eigenvalue weighted by Gasteiger charge is -2.01. The van der Waals surface area contributed by atoms with E-state index in [1.54, 1.807) is 12.1 Å². The Bertz CT molecular complexity index is 814. The third kappa shape index (κ3) is 2.62. The fraction of sp³-hybridized carbons (Fsp3) is 0.0667. The number of aromatic hydroxyl groups is 1. The van der Waals surface area contributed by atoms with Crippen molar-refractivity contribution in [1.82, 2.24) is 10.1 Å². The van der Waals surface area contributed by atoms with Gasteiger partial charge in [0.2, 0.25) is 5.82 Å². The number of phenolic OH excluding ortho intramolecular Hbond substituents is 1. The molecule has 2 aromatic carbocycles. The highest BCUT2D eigenvalue weighted by Crippen LogP contribution is 2.29.